The zero-order valence-electron chi connectivity index (χ0n) is 13.1. The van der Waals surface area contributed by atoms with Crippen LogP contribution in [0.3, 0.4) is 0 Å². The average molecular weight is 270 g/mol. The van der Waals surface area contributed by atoms with E-state index in [2.05, 4.69) is 49.5 Å². The first-order chi connectivity index (χ1) is 9.42. The van der Waals surface area contributed by atoms with E-state index in [0.717, 1.165) is 17.4 Å². The highest BCUT2D eigenvalue weighted by atomic mass is 14.9. The van der Waals surface area contributed by atoms with Gasteiger partial charge in [0.05, 0.1) is 11.5 Å². The second-order valence-electron chi connectivity index (χ2n) is 6.96. The van der Waals surface area contributed by atoms with Gasteiger partial charge in [0.25, 0.3) is 0 Å². The van der Waals surface area contributed by atoms with Gasteiger partial charge in [-0.05, 0) is 56.2 Å². The number of nitriles is 1. The van der Waals surface area contributed by atoms with Crippen LogP contribution in [0, 0.1) is 23.2 Å². The number of rotatable bonds is 3. The molecule has 1 aliphatic carbocycles. The number of nitrogens with zero attached hydrogens (tertiary/aromatic N) is 1. The summed E-state index contributed by atoms with van der Waals surface area (Å²) in [7, 11) is 0. The van der Waals surface area contributed by atoms with E-state index in [0.29, 0.717) is 6.04 Å². The normalized spacial score (nSPS) is 26.9. The van der Waals surface area contributed by atoms with Crippen LogP contribution in [0.1, 0.15) is 52.5 Å². The van der Waals surface area contributed by atoms with Crippen molar-refractivity contribution in [3.63, 3.8) is 0 Å². The van der Waals surface area contributed by atoms with Crippen molar-refractivity contribution in [3.8, 4) is 6.07 Å². The number of nitrogens with one attached hydrogen (secondary N) is 1. The molecule has 1 fully saturated rings. The van der Waals surface area contributed by atoms with Gasteiger partial charge in [-0.25, -0.2) is 0 Å². The van der Waals surface area contributed by atoms with Gasteiger partial charge < -0.3 is 5.32 Å². The Morgan fingerprint density at radius 2 is 1.80 bits per heavy atom. The Kier molecular flexibility index (Phi) is 4.38. The van der Waals surface area contributed by atoms with Gasteiger partial charge in [-0.1, -0.05) is 32.4 Å². The molecule has 2 nitrogen and oxygen atoms in total. The molecular weight excluding hydrogens is 244 g/mol. The van der Waals surface area contributed by atoms with E-state index in [-0.39, 0.29) is 0 Å². The van der Waals surface area contributed by atoms with E-state index in [1.54, 1.807) is 0 Å². The highest BCUT2D eigenvalue weighted by Crippen LogP contribution is 2.31. The predicted octanol–water partition coefficient (Wildman–Crippen LogP) is 4.72. The van der Waals surface area contributed by atoms with Gasteiger partial charge in [0.1, 0.15) is 0 Å². The molecule has 0 bridgehead atoms. The van der Waals surface area contributed by atoms with Crippen molar-refractivity contribution in [1.29, 1.82) is 5.26 Å². The van der Waals surface area contributed by atoms with Gasteiger partial charge >= 0.3 is 0 Å². The largest absolute Gasteiger partial charge is 0.382 e. The molecule has 108 valence electrons. The summed E-state index contributed by atoms with van der Waals surface area (Å²) in [4.78, 5) is 0. The fourth-order valence-electron chi connectivity index (χ4n) is 3.00. The average Bonchev–Trinajstić information content (AvgIpc) is 2.43. The molecule has 0 aliphatic heterocycles. The molecule has 2 rings (SSSR count). The monoisotopic (exact) mass is 270 g/mol. The van der Waals surface area contributed by atoms with Crippen molar-refractivity contribution >= 4 is 5.69 Å². The molecule has 2 heteroatoms. The molecule has 0 amide bonds. The maximum atomic E-state index is 9.18. The molecule has 1 saturated carbocycles. The lowest BCUT2D eigenvalue weighted by molar-refractivity contribution is 0.281. The van der Waals surface area contributed by atoms with Gasteiger partial charge in [-0.3, -0.25) is 0 Å². The minimum atomic E-state index is -0.412. The van der Waals surface area contributed by atoms with Crippen molar-refractivity contribution in [2.24, 2.45) is 11.8 Å². The first kappa shape index (κ1) is 14.9. The van der Waals surface area contributed by atoms with Gasteiger partial charge in [0.15, 0.2) is 0 Å². The molecule has 0 spiro atoms. The van der Waals surface area contributed by atoms with Gasteiger partial charge in [-0.2, -0.15) is 5.26 Å². The lowest BCUT2D eigenvalue weighted by atomic mass is 9.80. The summed E-state index contributed by atoms with van der Waals surface area (Å²) in [6, 6.07) is 11.3. The minimum absolute atomic E-state index is 0.412. The van der Waals surface area contributed by atoms with Crippen LogP contribution in [0.25, 0.3) is 0 Å². The lowest BCUT2D eigenvalue weighted by Gasteiger charge is -2.34. The third kappa shape index (κ3) is 3.33. The van der Waals surface area contributed by atoms with E-state index < -0.39 is 5.41 Å². The summed E-state index contributed by atoms with van der Waals surface area (Å²) in [6.45, 7) is 8.61. The van der Waals surface area contributed by atoms with E-state index in [1.807, 2.05) is 13.8 Å². The molecule has 20 heavy (non-hydrogen) atoms. The predicted molar refractivity (Wildman–Crippen MR) is 84.7 cm³/mol. The Balaban J connectivity index is 2.06. The summed E-state index contributed by atoms with van der Waals surface area (Å²) < 4.78 is 0. The van der Waals surface area contributed by atoms with E-state index in [9.17, 15) is 5.26 Å². The fourth-order valence-corrected chi connectivity index (χ4v) is 3.00. The summed E-state index contributed by atoms with van der Waals surface area (Å²) >= 11 is 0. The van der Waals surface area contributed by atoms with Gasteiger partial charge in [0, 0.05) is 11.7 Å². The first-order valence-electron chi connectivity index (χ1n) is 7.70. The van der Waals surface area contributed by atoms with Crippen LogP contribution in [0.4, 0.5) is 5.69 Å². The van der Waals surface area contributed by atoms with Crippen molar-refractivity contribution in [3.05, 3.63) is 29.8 Å². The third-order valence-electron chi connectivity index (χ3n) is 4.70. The van der Waals surface area contributed by atoms with Crippen molar-refractivity contribution in [1.82, 2.24) is 0 Å². The molecule has 0 radical (unpaired) electrons. The number of benzene rings is 1. The molecule has 1 aromatic rings. The Morgan fingerprint density at radius 3 is 2.40 bits per heavy atom. The molecule has 1 aromatic carbocycles. The molecule has 0 saturated heterocycles. The zero-order chi connectivity index (χ0) is 14.8. The van der Waals surface area contributed by atoms with Crippen LogP contribution >= 0.6 is 0 Å². The van der Waals surface area contributed by atoms with E-state index >= 15 is 0 Å². The highest BCUT2D eigenvalue weighted by Gasteiger charge is 2.25. The minimum Gasteiger partial charge on any atom is -0.382 e. The van der Waals surface area contributed by atoms with Gasteiger partial charge in [0.2, 0.25) is 0 Å². The maximum absolute atomic E-state index is 9.18. The molecule has 0 heterocycles. The molecule has 1 aliphatic rings. The Hall–Kier alpha value is -1.49. The second-order valence-corrected chi connectivity index (χ2v) is 6.96. The quantitative estimate of drug-likeness (QED) is 0.862. The van der Waals surface area contributed by atoms with Crippen LogP contribution in [0.2, 0.25) is 0 Å². The smallest absolute Gasteiger partial charge is 0.0766 e. The standard InChI is InChI=1S/C18H26N2/c1-13-5-6-14(2)17(11-13)20-16-9-7-15(8-10-16)18(3,4)12-19/h7-10,13-14,17,20H,5-6,11H2,1-4H3. The second kappa shape index (κ2) is 5.87. The summed E-state index contributed by atoms with van der Waals surface area (Å²) in [5.74, 6) is 1.56. The number of anilines is 1. The van der Waals surface area contributed by atoms with E-state index in [1.165, 1.54) is 24.9 Å². The first-order valence-corrected chi connectivity index (χ1v) is 7.70. The van der Waals surface area contributed by atoms with Gasteiger partial charge in [-0.15, -0.1) is 0 Å². The van der Waals surface area contributed by atoms with Crippen LogP contribution in [-0.2, 0) is 5.41 Å². The Morgan fingerprint density at radius 1 is 1.15 bits per heavy atom. The SMILES string of the molecule is CC1CCC(C)C(Nc2ccc(C(C)(C)C#N)cc2)C1. The molecule has 3 atom stereocenters. The maximum Gasteiger partial charge on any atom is 0.0766 e. The van der Waals surface area contributed by atoms with Crippen molar-refractivity contribution in [2.75, 3.05) is 5.32 Å². The molecule has 0 aromatic heterocycles. The fraction of sp³-hybridized carbons (Fsp3) is 0.611. The molecule has 1 N–H and O–H groups in total. The summed E-state index contributed by atoms with van der Waals surface area (Å²) in [6.07, 6.45) is 3.93. The van der Waals surface area contributed by atoms with Crippen LogP contribution in [0.15, 0.2) is 24.3 Å². The van der Waals surface area contributed by atoms with Crippen LogP contribution < -0.4 is 5.32 Å². The number of hydrogen-bond acceptors (Lipinski definition) is 2. The van der Waals surface area contributed by atoms with Crippen LogP contribution in [-0.4, -0.2) is 6.04 Å². The summed E-state index contributed by atoms with van der Waals surface area (Å²) in [5.41, 5.74) is 1.84. The molecular formula is C18H26N2. The Bertz CT molecular complexity index is 481. The lowest BCUT2D eigenvalue weighted by Crippen LogP contribution is -2.33. The third-order valence-corrected chi connectivity index (χ3v) is 4.70. The van der Waals surface area contributed by atoms with Crippen molar-refractivity contribution in [2.45, 2.75) is 58.4 Å². The van der Waals surface area contributed by atoms with E-state index in [4.69, 9.17) is 0 Å². The number of hydrogen-bond donors (Lipinski definition) is 1. The molecule has 3 unspecified atom stereocenters. The zero-order valence-corrected chi connectivity index (χ0v) is 13.1. The van der Waals surface area contributed by atoms with Crippen molar-refractivity contribution < 1.29 is 0 Å². The Labute approximate surface area is 123 Å². The highest BCUT2D eigenvalue weighted by molar-refractivity contribution is 5.47. The van der Waals surface area contributed by atoms with Crippen LogP contribution in [0.5, 0.6) is 0 Å². The topological polar surface area (TPSA) is 35.8 Å². The summed E-state index contributed by atoms with van der Waals surface area (Å²) in [5, 5.41) is 12.9.